The van der Waals surface area contributed by atoms with Crippen LogP contribution < -0.4 is 9.47 Å². The summed E-state index contributed by atoms with van der Waals surface area (Å²) in [6, 6.07) is 7.86. The van der Waals surface area contributed by atoms with Gasteiger partial charge in [0.15, 0.2) is 5.69 Å². The zero-order valence-corrected chi connectivity index (χ0v) is 16.3. The van der Waals surface area contributed by atoms with Crippen molar-refractivity contribution in [3.63, 3.8) is 0 Å². The zero-order chi connectivity index (χ0) is 22.8. The van der Waals surface area contributed by atoms with Crippen molar-refractivity contribution in [1.82, 2.24) is 0 Å². The van der Waals surface area contributed by atoms with Crippen LogP contribution in [-0.4, -0.2) is 22.2 Å². The number of ether oxygens (including phenoxy) is 2. The van der Waals surface area contributed by atoms with Gasteiger partial charge in [-0.15, -0.1) is 0 Å². The number of rotatable bonds is 4. The summed E-state index contributed by atoms with van der Waals surface area (Å²) < 4.78 is 9.72. The van der Waals surface area contributed by atoms with E-state index < -0.39 is 11.9 Å². The van der Waals surface area contributed by atoms with E-state index in [0.717, 1.165) is 0 Å². The van der Waals surface area contributed by atoms with Crippen LogP contribution in [0.5, 0.6) is 23.0 Å². The molecular formula is C22H18N2O6. The Hall–Kier alpha value is -4.56. The molecule has 0 saturated heterocycles. The van der Waals surface area contributed by atoms with E-state index in [0.29, 0.717) is 0 Å². The third-order valence-corrected chi connectivity index (χ3v) is 3.18. The second-order valence-electron chi connectivity index (χ2n) is 5.90. The smallest absolute Gasteiger partial charge is 0.338 e. The molecule has 152 valence electrons. The Balaban J connectivity index is 0.000000300. The second-order valence-corrected chi connectivity index (χ2v) is 5.90. The van der Waals surface area contributed by atoms with Crippen LogP contribution in [0, 0.1) is 13.1 Å². The summed E-state index contributed by atoms with van der Waals surface area (Å²) in [7, 11) is 0. The van der Waals surface area contributed by atoms with Crippen molar-refractivity contribution in [2.24, 2.45) is 0 Å². The highest BCUT2D eigenvalue weighted by Gasteiger charge is 2.10. The van der Waals surface area contributed by atoms with Gasteiger partial charge in [-0.3, -0.25) is 0 Å². The van der Waals surface area contributed by atoms with Gasteiger partial charge in [-0.2, -0.15) is 0 Å². The lowest BCUT2D eigenvalue weighted by Crippen LogP contribution is -2.08. The van der Waals surface area contributed by atoms with Gasteiger partial charge in [-0.1, -0.05) is 13.2 Å². The molecule has 2 rings (SSSR count). The normalized spacial score (nSPS) is 9.07. The first-order chi connectivity index (χ1) is 14.1. The predicted molar refractivity (Wildman–Crippen MR) is 110 cm³/mol. The first-order valence-corrected chi connectivity index (χ1v) is 8.24. The summed E-state index contributed by atoms with van der Waals surface area (Å²) in [5.41, 5.74) is 0.860. The second kappa shape index (κ2) is 10.7. The molecule has 0 aliphatic rings. The molecule has 0 unspecified atom stereocenters. The summed E-state index contributed by atoms with van der Waals surface area (Å²) >= 11 is 0. The number of nitrogens with zero attached hydrogens (tertiary/aromatic N) is 2. The van der Waals surface area contributed by atoms with Crippen LogP contribution in [0.3, 0.4) is 0 Å². The van der Waals surface area contributed by atoms with E-state index in [-0.39, 0.29) is 45.5 Å². The fraction of sp³-hybridized carbons (Fsp3) is 0.0909. The highest BCUT2D eigenvalue weighted by atomic mass is 16.5. The van der Waals surface area contributed by atoms with Gasteiger partial charge in [0.05, 0.1) is 13.1 Å². The molecule has 0 radical (unpaired) electrons. The minimum atomic E-state index is -0.620. The quantitative estimate of drug-likeness (QED) is 0.326. The Labute approximate surface area is 173 Å². The van der Waals surface area contributed by atoms with Crippen molar-refractivity contribution < 1.29 is 29.3 Å². The highest BCUT2D eigenvalue weighted by molar-refractivity contribution is 5.90. The Morgan fingerprint density at radius 2 is 1.47 bits per heavy atom. The summed E-state index contributed by atoms with van der Waals surface area (Å²) in [5, 5.41) is 18.4. The minimum absolute atomic E-state index is 0.0398. The molecular weight excluding hydrogens is 388 g/mol. The highest BCUT2D eigenvalue weighted by Crippen LogP contribution is 2.31. The van der Waals surface area contributed by atoms with Crippen LogP contribution in [0.2, 0.25) is 0 Å². The molecule has 8 nitrogen and oxygen atoms in total. The number of benzene rings is 2. The first kappa shape index (κ1) is 23.5. The molecule has 0 saturated carbocycles. The van der Waals surface area contributed by atoms with Crippen molar-refractivity contribution in [3.8, 4) is 23.0 Å². The molecule has 8 heteroatoms. The van der Waals surface area contributed by atoms with Crippen molar-refractivity contribution in [2.45, 2.75) is 13.8 Å². The van der Waals surface area contributed by atoms with Crippen LogP contribution >= 0.6 is 0 Å². The molecule has 0 aliphatic heterocycles. The van der Waals surface area contributed by atoms with Gasteiger partial charge in [0, 0.05) is 23.3 Å². The van der Waals surface area contributed by atoms with E-state index >= 15 is 0 Å². The van der Waals surface area contributed by atoms with E-state index in [1.165, 1.54) is 50.2 Å². The van der Waals surface area contributed by atoms with Gasteiger partial charge >= 0.3 is 11.9 Å². The standard InChI is InChI=1S/2C11H9NO3/c1-7(2)11(14)15-10-5-8(12-3)4-9(13)6-10;1-7(2)11(14)15-10-6-8(13)4-5-9(10)12-3/h2*4-6,13H,1H2,2H3. The SMILES string of the molecule is [C-]#[N+]c1cc(O)cc(OC(=O)C(=C)C)c1.[C-]#[N+]c1ccc(O)cc1OC(=O)C(=C)C. The lowest BCUT2D eigenvalue weighted by Gasteiger charge is -2.05. The lowest BCUT2D eigenvalue weighted by atomic mass is 10.3. The van der Waals surface area contributed by atoms with Gasteiger partial charge < -0.3 is 19.7 Å². The largest absolute Gasteiger partial charge is 0.509 e. The fourth-order valence-electron chi connectivity index (χ4n) is 1.75. The average Bonchev–Trinajstić information content (AvgIpc) is 2.68. The number of aromatic hydroxyl groups is 2. The topological polar surface area (TPSA) is 102 Å². The molecule has 0 aromatic heterocycles. The number of hydrogen-bond acceptors (Lipinski definition) is 6. The van der Waals surface area contributed by atoms with Gasteiger partial charge in [-0.05, 0) is 38.1 Å². The Kier molecular flexibility index (Phi) is 8.37. The monoisotopic (exact) mass is 406 g/mol. The van der Waals surface area contributed by atoms with Gasteiger partial charge in [0.1, 0.15) is 23.0 Å². The van der Waals surface area contributed by atoms with Crippen molar-refractivity contribution >= 4 is 23.3 Å². The summed E-state index contributed by atoms with van der Waals surface area (Å²) in [5.74, 6) is -1.21. The molecule has 0 fully saturated rings. The fourth-order valence-corrected chi connectivity index (χ4v) is 1.75. The van der Waals surface area contributed by atoms with Gasteiger partial charge in [-0.25, -0.2) is 19.3 Å². The molecule has 0 aliphatic carbocycles. The van der Waals surface area contributed by atoms with Gasteiger partial charge in [0.25, 0.3) is 0 Å². The van der Waals surface area contributed by atoms with Crippen LogP contribution in [0.1, 0.15) is 13.8 Å². The van der Waals surface area contributed by atoms with Crippen molar-refractivity contribution in [3.05, 3.63) is 83.5 Å². The number of esters is 2. The lowest BCUT2D eigenvalue weighted by molar-refractivity contribution is -0.130. The van der Waals surface area contributed by atoms with E-state index in [4.69, 9.17) is 27.7 Å². The third-order valence-electron chi connectivity index (χ3n) is 3.18. The molecule has 0 heterocycles. The van der Waals surface area contributed by atoms with E-state index in [2.05, 4.69) is 22.8 Å². The van der Waals surface area contributed by atoms with E-state index in [1.807, 2.05) is 0 Å². The number of hydrogen-bond donors (Lipinski definition) is 2. The van der Waals surface area contributed by atoms with Crippen LogP contribution in [0.15, 0.2) is 60.7 Å². The van der Waals surface area contributed by atoms with Crippen molar-refractivity contribution in [1.29, 1.82) is 0 Å². The van der Waals surface area contributed by atoms with Crippen LogP contribution in [0.25, 0.3) is 9.69 Å². The Morgan fingerprint density at radius 1 is 0.867 bits per heavy atom. The molecule has 2 aromatic carbocycles. The Morgan fingerprint density at radius 3 is 2.00 bits per heavy atom. The predicted octanol–water partition coefficient (Wildman–Crippen LogP) is 4.85. The number of phenols is 2. The number of carbonyl (C=O) groups is 2. The molecule has 30 heavy (non-hydrogen) atoms. The van der Waals surface area contributed by atoms with E-state index in [9.17, 15) is 14.7 Å². The average molecular weight is 406 g/mol. The minimum Gasteiger partial charge on any atom is -0.509 e. The molecule has 2 N–H and O–H groups in total. The van der Waals surface area contributed by atoms with Gasteiger partial charge in [0.2, 0.25) is 5.69 Å². The van der Waals surface area contributed by atoms with Crippen molar-refractivity contribution in [2.75, 3.05) is 0 Å². The summed E-state index contributed by atoms with van der Waals surface area (Å²) in [6.07, 6.45) is 0. The van der Waals surface area contributed by atoms with Crippen LogP contribution in [0.4, 0.5) is 11.4 Å². The maximum Gasteiger partial charge on any atom is 0.338 e. The maximum absolute atomic E-state index is 11.2. The molecule has 0 bridgehead atoms. The number of phenolic OH excluding ortho intramolecular Hbond substituents is 2. The number of carbonyl (C=O) groups excluding carboxylic acids is 2. The Bertz CT molecular complexity index is 1090. The summed E-state index contributed by atoms with van der Waals surface area (Å²) in [4.78, 5) is 28.6. The molecule has 2 aromatic rings. The molecule has 0 atom stereocenters. The van der Waals surface area contributed by atoms with Crippen LogP contribution in [-0.2, 0) is 9.59 Å². The molecule has 0 amide bonds. The maximum atomic E-state index is 11.2. The third kappa shape index (κ3) is 7.22. The molecule has 0 spiro atoms. The van der Waals surface area contributed by atoms with E-state index in [1.54, 1.807) is 0 Å². The summed E-state index contributed by atoms with van der Waals surface area (Å²) in [6.45, 7) is 23.4. The zero-order valence-electron chi connectivity index (χ0n) is 16.3. The first-order valence-electron chi connectivity index (χ1n) is 8.24.